The number of nitrogens with zero attached hydrogens (tertiary/aromatic N) is 2. The molecule has 4 nitrogen and oxygen atoms in total. The molecule has 1 aliphatic heterocycles. The van der Waals surface area contributed by atoms with Crippen molar-refractivity contribution in [3.63, 3.8) is 0 Å². The van der Waals surface area contributed by atoms with Gasteiger partial charge in [-0.1, -0.05) is 29.8 Å². The zero-order valence-corrected chi connectivity index (χ0v) is 12.2. The first kappa shape index (κ1) is 13.9. The minimum atomic E-state index is -0.363. The molecule has 2 amide bonds. The molecule has 104 valence electrons. The first-order valence-electron chi connectivity index (χ1n) is 6.65. The van der Waals surface area contributed by atoms with Crippen molar-refractivity contribution in [2.75, 3.05) is 20.1 Å². The number of aryl methyl sites for hydroxylation is 1. The van der Waals surface area contributed by atoms with E-state index in [2.05, 4.69) is 25.1 Å². The largest absolute Gasteiger partial charge is 0.324 e. The molecule has 0 saturated carbocycles. The van der Waals surface area contributed by atoms with Crippen LogP contribution < -0.4 is 5.73 Å². The smallest absolute Gasteiger partial charge is 0.320 e. The number of likely N-dealkylation sites (N-methyl/N-ethyl adjacent to an activating group) is 1. The quantitative estimate of drug-likeness (QED) is 0.906. The molecule has 1 atom stereocenters. The molecule has 0 bridgehead atoms. The van der Waals surface area contributed by atoms with Crippen molar-refractivity contribution >= 4 is 6.03 Å². The predicted octanol–water partition coefficient (Wildman–Crippen LogP) is 2.14. The molecule has 1 aliphatic rings. The molecule has 2 rings (SSSR count). The van der Waals surface area contributed by atoms with Crippen LogP contribution in [0.5, 0.6) is 0 Å². The van der Waals surface area contributed by atoms with Crippen LogP contribution in [0.4, 0.5) is 4.79 Å². The van der Waals surface area contributed by atoms with Crippen LogP contribution in [0.15, 0.2) is 24.3 Å². The molecule has 0 aliphatic carbocycles. The SMILES string of the molecule is Cc1cccc(C2CN(CC(C)(C)N)C(=O)N2C)c1. The van der Waals surface area contributed by atoms with Crippen LogP contribution in [0.3, 0.4) is 0 Å². The van der Waals surface area contributed by atoms with Crippen LogP contribution in [-0.4, -0.2) is 41.5 Å². The maximum Gasteiger partial charge on any atom is 0.320 e. The average molecular weight is 261 g/mol. The highest BCUT2D eigenvalue weighted by molar-refractivity contribution is 5.77. The van der Waals surface area contributed by atoms with E-state index in [9.17, 15) is 4.79 Å². The molecule has 0 spiro atoms. The van der Waals surface area contributed by atoms with Crippen molar-refractivity contribution < 1.29 is 4.79 Å². The third-order valence-corrected chi connectivity index (χ3v) is 3.46. The summed E-state index contributed by atoms with van der Waals surface area (Å²) in [5.74, 6) is 0. The number of hydrogen-bond donors (Lipinski definition) is 1. The lowest BCUT2D eigenvalue weighted by atomic mass is 10.0. The second kappa shape index (κ2) is 4.85. The van der Waals surface area contributed by atoms with Crippen LogP contribution in [0.25, 0.3) is 0 Å². The summed E-state index contributed by atoms with van der Waals surface area (Å²) in [6, 6.07) is 8.52. The average Bonchev–Trinajstić information content (AvgIpc) is 2.55. The Morgan fingerprint density at radius 1 is 1.42 bits per heavy atom. The van der Waals surface area contributed by atoms with Gasteiger partial charge >= 0.3 is 6.03 Å². The lowest BCUT2D eigenvalue weighted by Gasteiger charge is -2.25. The molecular weight excluding hydrogens is 238 g/mol. The first-order valence-corrected chi connectivity index (χ1v) is 6.65. The van der Waals surface area contributed by atoms with Gasteiger partial charge in [-0.25, -0.2) is 4.79 Å². The number of nitrogens with two attached hydrogens (primary N) is 1. The van der Waals surface area contributed by atoms with E-state index >= 15 is 0 Å². The van der Waals surface area contributed by atoms with Crippen LogP contribution in [-0.2, 0) is 0 Å². The van der Waals surface area contributed by atoms with E-state index in [0.29, 0.717) is 13.1 Å². The molecule has 0 aromatic heterocycles. The summed E-state index contributed by atoms with van der Waals surface area (Å²) in [5.41, 5.74) is 8.06. The van der Waals surface area contributed by atoms with Gasteiger partial charge < -0.3 is 15.5 Å². The van der Waals surface area contributed by atoms with Crippen LogP contribution in [0.1, 0.15) is 31.0 Å². The van der Waals surface area contributed by atoms with Gasteiger partial charge in [-0.2, -0.15) is 0 Å². The predicted molar refractivity (Wildman–Crippen MR) is 76.9 cm³/mol. The van der Waals surface area contributed by atoms with Gasteiger partial charge in [-0.3, -0.25) is 0 Å². The minimum Gasteiger partial charge on any atom is -0.324 e. The summed E-state index contributed by atoms with van der Waals surface area (Å²) in [4.78, 5) is 15.9. The first-order chi connectivity index (χ1) is 8.78. The van der Waals surface area contributed by atoms with Crippen molar-refractivity contribution in [2.45, 2.75) is 32.4 Å². The van der Waals surface area contributed by atoms with Gasteiger partial charge in [0.05, 0.1) is 6.04 Å². The summed E-state index contributed by atoms with van der Waals surface area (Å²) in [7, 11) is 1.86. The number of carbonyl (C=O) groups is 1. The standard InChI is InChI=1S/C15H23N3O/c1-11-6-5-7-12(8-11)13-9-18(10-15(2,3)16)14(19)17(13)4/h5-8,13H,9-10,16H2,1-4H3. The van der Waals surface area contributed by atoms with Gasteiger partial charge in [-0.05, 0) is 26.3 Å². The third kappa shape index (κ3) is 3.07. The molecule has 1 aromatic carbocycles. The molecule has 1 heterocycles. The fraction of sp³-hybridized carbons (Fsp3) is 0.533. The Labute approximate surface area is 115 Å². The van der Waals surface area contributed by atoms with E-state index in [1.54, 1.807) is 4.90 Å². The van der Waals surface area contributed by atoms with Crippen LogP contribution in [0.2, 0.25) is 0 Å². The molecular formula is C15H23N3O. The van der Waals surface area contributed by atoms with Gasteiger partial charge in [0.25, 0.3) is 0 Å². The van der Waals surface area contributed by atoms with E-state index < -0.39 is 0 Å². The molecule has 2 N–H and O–H groups in total. The monoisotopic (exact) mass is 261 g/mol. The molecule has 1 saturated heterocycles. The Hall–Kier alpha value is -1.55. The van der Waals surface area contributed by atoms with Gasteiger partial charge in [0, 0.05) is 25.7 Å². The number of carbonyl (C=O) groups excluding carboxylic acids is 1. The summed E-state index contributed by atoms with van der Waals surface area (Å²) in [5, 5.41) is 0. The highest BCUT2D eigenvalue weighted by Crippen LogP contribution is 2.29. The number of benzene rings is 1. The van der Waals surface area contributed by atoms with Crippen molar-refractivity contribution in [3.8, 4) is 0 Å². The van der Waals surface area contributed by atoms with Crippen molar-refractivity contribution in [1.82, 2.24) is 9.80 Å². The fourth-order valence-electron chi connectivity index (χ4n) is 2.60. The molecule has 1 unspecified atom stereocenters. The van der Waals surface area contributed by atoms with E-state index in [-0.39, 0.29) is 17.6 Å². The van der Waals surface area contributed by atoms with Crippen molar-refractivity contribution in [3.05, 3.63) is 35.4 Å². The van der Waals surface area contributed by atoms with Crippen LogP contribution in [0, 0.1) is 6.92 Å². The van der Waals surface area contributed by atoms with Crippen molar-refractivity contribution in [1.29, 1.82) is 0 Å². The zero-order valence-electron chi connectivity index (χ0n) is 12.2. The van der Waals surface area contributed by atoms with Crippen LogP contribution >= 0.6 is 0 Å². The molecule has 1 aromatic rings. The lowest BCUT2D eigenvalue weighted by molar-refractivity contribution is 0.188. The Morgan fingerprint density at radius 2 is 2.11 bits per heavy atom. The summed E-state index contributed by atoms with van der Waals surface area (Å²) >= 11 is 0. The van der Waals surface area contributed by atoms with E-state index in [4.69, 9.17) is 5.73 Å². The third-order valence-electron chi connectivity index (χ3n) is 3.46. The fourth-order valence-corrected chi connectivity index (χ4v) is 2.60. The summed E-state index contributed by atoms with van der Waals surface area (Å²) < 4.78 is 0. The molecule has 19 heavy (non-hydrogen) atoms. The second-order valence-electron chi connectivity index (χ2n) is 6.19. The molecule has 0 radical (unpaired) electrons. The molecule has 1 fully saturated rings. The number of hydrogen-bond acceptors (Lipinski definition) is 2. The summed E-state index contributed by atoms with van der Waals surface area (Å²) in [6.07, 6.45) is 0. The minimum absolute atomic E-state index is 0.0602. The van der Waals surface area contributed by atoms with Gasteiger partial charge in [0.1, 0.15) is 0 Å². The normalized spacial score (nSPS) is 20.3. The van der Waals surface area contributed by atoms with Crippen molar-refractivity contribution in [2.24, 2.45) is 5.73 Å². The topological polar surface area (TPSA) is 49.6 Å². The number of rotatable bonds is 3. The van der Waals surface area contributed by atoms with E-state index in [1.165, 1.54) is 11.1 Å². The van der Waals surface area contributed by atoms with Gasteiger partial charge in [0.2, 0.25) is 0 Å². The van der Waals surface area contributed by atoms with E-state index in [0.717, 1.165) is 0 Å². The lowest BCUT2D eigenvalue weighted by Crippen LogP contribution is -2.46. The molecule has 4 heteroatoms. The maximum absolute atomic E-state index is 12.2. The Kier molecular flexibility index (Phi) is 3.54. The van der Waals surface area contributed by atoms with Gasteiger partial charge in [0.15, 0.2) is 0 Å². The number of amides is 2. The van der Waals surface area contributed by atoms with Gasteiger partial charge in [-0.15, -0.1) is 0 Å². The highest BCUT2D eigenvalue weighted by atomic mass is 16.2. The Balaban J connectivity index is 2.19. The highest BCUT2D eigenvalue weighted by Gasteiger charge is 2.37. The Bertz CT molecular complexity index is 479. The second-order valence-corrected chi connectivity index (χ2v) is 6.19. The number of urea groups is 1. The Morgan fingerprint density at radius 3 is 2.68 bits per heavy atom. The summed E-state index contributed by atoms with van der Waals surface area (Å²) in [6.45, 7) is 7.25. The zero-order chi connectivity index (χ0) is 14.2. The van der Waals surface area contributed by atoms with E-state index in [1.807, 2.05) is 31.9 Å². The maximum atomic E-state index is 12.2.